The summed E-state index contributed by atoms with van der Waals surface area (Å²) in [5, 5.41) is 3.05. The van der Waals surface area contributed by atoms with E-state index in [0.717, 1.165) is 6.07 Å². The topological polar surface area (TPSA) is 21.3 Å². The lowest BCUT2D eigenvalue weighted by atomic mass is 10.1. The molecule has 0 bridgehead atoms. The van der Waals surface area contributed by atoms with Crippen LogP contribution in [0.25, 0.3) is 0 Å². The highest BCUT2D eigenvalue weighted by Gasteiger charge is 2.09. The minimum absolute atomic E-state index is 0.0705. The standard InChI is InChI=1S/C12H17F2NO/c1-3-16-8-12(15-2)6-9-4-10(13)7-11(14)5-9/h4-5,7,12,15H,3,6,8H2,1-2H3. The van der Waals surface area contributed by atoms with Crippen LogP contribution in [0.15, 0.2) is 18.2 Å². The van der Waals surface area contributed by atoms with Crippen molar-refractivity contribution in [2.45, 2.75) is 19.4 Å². The van der Waals surface area contributed by atoms with Crippen molar-refractivity contribution >= 4 is 0 Å². The quantitative estimate of drug-likeness (QED) is 0.807. The molecule has 0 aliphatic heterocycles. The summed E-state index contributed by atoms with van der Waals surface area (Å²) >= 11 is 0. The van der Waals surface area contributed by atoms with Gasteiger partial charge in [0.2, 0.25) is 0 Å². The van der Waals surface area contributed by atoms with Crippen molar-refractivity contribution in [1.29, 1.82) is 0 Å². The maximum atomic E-state index is 12.9. The number of halogens is 2. The third-order valence-corrected chi connectivity index (χ3v) is 2.34. The molecule has 1 rings (SSSR count). The van der Waals surface area contributed by atoms with Crippen LogP contribution in [0, 0.1) is 11.6 Å². The fourth-order valence-electron chi connectivity index (χ4n) is 1.52. The molecule has 0 spiro atoms. The fraction of sp³-hybridized carbons (Fsp3) is 0.500. The first-order valence-corrected chi connectivity index (χ1v) is 5.35. The van der Waals surface area contributed by atoms with E-state index < -0.39 is 11.6 Å². The molecule has 0 fully saturated rings. The van der Waals surface area contributed by atoms with Crippen molar-refractivity contribution in [3.05, 3.63) is 35.4 Å². The van der Waals surface area contributed by atoms with Crippen molar-refractivity contribution in [3.8, 4) is 0 Å². The molecule has 1 unspecified atom stereocenters. The monoisotopic (exact) mass is 229 g/mol. The highest BCUT2D eigenvalue weighted by atomic mass is 19.1. The van der Waals surface area contributed by atoms with Crippen LogP contribution < -0.4 is 5.32 Å². The third-order valence-electron chi connectivity index (χ3n) is 2.34. The Morgan fingerprint density at radius 1 is 1.25 bits per heavy atom. The van der Waals surface area contributed by atoms with Crippen LogP contribution in [0.1, 0.15) is 12.5 Å². The SMILES string of the molecule is CCOCC(Cc1cc(F)cc(F)c1)NC. The maximum Gasteiger partial charge on any atom is 0.126 e. The molecular formula is C12H17F2NO. The first-order chi connectivity index (χ1) is 7.65. The molecule has 90 valence electrons. The van der Waals surface area contributed by atoms with Crippen LogP contribution in [0.3, 0.4) is 0 Å². The van der Waals surface area contributed by atoms with E-state index in [1.807, 2.05) is 6.92 Å². The molecule has 0 heterocycles. The second-order valence-corrected chi connectivity index (χ2v) is 3.63. The van der Waals surface area contributed by atoms with Gasteiger partial charge in [-0.2, -0.15) is 0 Å². The molecule has 4 heteroatoms. The van der Waals surface area contributed by atoms with Gasteiger partial charge in [0.25, 0.3) is 0 Å². The van der Waals surface area contributed by atoms with Gasteiger partial charge in [-0.25, -0.2) is 8.78 Å². The zero-order valence-corrected chi connectivity index (χ0v) is 9.59. The van der Waals surface area contributed by atoms with Gasteiger partial charge in [-0.15, -0.1) is 0 Å². The molecule has 0 amide bonds. The van der Waals surface area contributed by atoms with Crippen molar-refractivity contribution in [2.24, 2.45) is 0 Å². The second kappa shape index (κ2) is 6.55. The minimum Gasteiger partial charge on any atom is -0.380 e. The van der Waals surface area contributed by atoms with Gasteiger partial charge in [0.15, 0.2) is 0 Å². The Hall–Kier alpha value is -1.00. The smallest absolute Gasteiger partial charge is 0.126 e. The predicted octanol–water partition coefficient (Wildman–Crippen LogP) is 2.13. The normalized spacial score (nSPS) is 12.8. The Morgan fingerprint density at radius 2 is 1.88 bits per heavy atom. The molecule has 1 N–H and O–H groups in total. The van der Waals surface area contributed by atoms with E-state index in [9.17, 15) is 8.78 Å². The van der Waals surface area contributed by atoms with E-state index in [0.29, 0.717) is 25.2 Å². The number of likely N-dealkylation sites (N-methyl/N-ethyl adjacent to an activating group) is 1. The van der Waals surface area contributed by atoms with Crippen LogP contribution in [-0.2, 0) is 11.2 Å². The van der Waals surface area contributed by atoms with Gasteiger partial charge in [0, 0.05) is 18.7 Å². The highest BCUT2D eigenvalue weighted by molar-refractivity contribution is 5.18. The van der Waals surface area contributed by atoms with E-state index in [4.69, 9.17) is 4.74 Å². The molecule has 16 heavy (non-hydrogen) atoms. The second-order valence-electron chi connectivity index (χ2n) is 3.63. The average molecular weight is 229 g/mol. The van der Waals surface area contributed by atoms with Crippen LogP contribution in [0.5, 0.6) is 0 Å². The largest absolute Gasteiger partial charge is 0.380 e. The highest BCUT2D eigenvalue weighted by Crippen LogP contribution is 2.10. The fourth-order valence-corrected chi connectivity index (χ4v) is 1.52. The lowest BCUT2D eigenvalue weighted by Gasteiger charge is -2.16. The Bertz CT molecular complexity index is 311. The Labute approximate surface area is 94.6 Å². The average Bonchev–Trinajstić information content (AvgIpc) is 2.22. The number of ether oxygens (including phenoxy) is 1. The van der Waals surface area contributed by atoms with Gasteiger partial charge >= 0.3 is 0 Å². The molecule has 1 aromatic rings. The summed E-state index contributed by atoms with van der Waals surface area (Å²) in [7, 11) is 1.80. The zero-order valence-electron chi connectivity index (χ0n) is 9.59. The van der Waals surface area contributed by atoms with E-state index in [1.54, 1.807) is 7.05 Å². The maximum absolute atomic E-state index is 12.9. The summed E-state index contributed by atoms with van der Waals surface area (Å²) in [4.78, 5) is 0. The molecule has 0 radical (unpaired) electrons. The van der Waals surface area contributed by atoms with Crippen LogP contribution in [0.2, 0.25) is 0 Å². The Morgan fingerprint density at radius 3 is 2.38 bits per heavy atom. The summed E-state index contributed by atoms with van der Waals surface area (Å²) in [6, 6.07) is 3.64. The number of hydrogen-bond donors (Lipinski definition) is 1. The first-order valence-electron chi connectivity index (χ1n) is 5.35. The third kappa shape index (κ3) is 4.24. The molecule has 0 saturated carbocycles. The molecule has 0 aliphatic carbocycles. The zero-order chi connectivity index (χ0) is 12.0. The molecule has 1 aromatic carbocycles. The van der Waals surface area contributed by atoms with Gasteiger partial charge in [0.05, 0.1) is 6.61 Å². The Kier molecular flexibility index (Phi) is 5.35. The minimum atomic E-state index is -0.540. The van der Waals surface area contributed by atoms with Crippen LogP contribution in [-0.4, -0.2) is 26.3 Å². The van der Waals surface area contributed by atoms with Crippen molar-refractivity contribution in [3.63, 3.8) is 0 Å². The molecular weight excluding hydrogens is 212 g/mol. The van der Waals surface area contributed by atoms with Crippen molar-refractivity contribution < 1.29 is 13.5 Å². The predicted molar refractivity (Wildman–Crippen MR) is 59.4 cm³/mol. The molecule has 0 aromatic heterocycles. The van der Waals surface area contributed by atoms with Crippen LogP contribution in [0.4, 0.5) is 8.78 Å². The summed E-state index contributed by atoms with van der Waals surface area (Å²) < 4.78 is 31.2. The van der Waals surface area contributed by atoms with E-state index >= 15 is 0 Å². The summed E-state index contributed by atoms with van der Waals surface area (Å²) in [5.41, 5.74) is 0.636. The summed E-state index contributed by atoms with van der Waals surface area (Å²) in [5.74, 6) is -1.08. The lowest BCUT2D eigenvalue weighted by molar-refractivity contribution is 0.125. The molecule has 2 nitrogen and oxygen atoms in total. The Balaban J connectivity index is 2.62. The van der Waals surface area contributed by atoms with E-state index in [1.165, 1.54) is 12.1 Å². The van der Waals surface area contributed by atoms with Gasteiger partial charge in [-0.05, 0) is 38.1 Å². The van der Waals surface area contributed by atoms with Crippen molar-refractivity contribution in [2.75, 3.05) is 20.3 Å². The number of hydrogen-bond acceptors (Lipinski definition) is 2. The van der Waals surface area contributed by atoms with E-state index in [-0.39, 0.29) is 6.04 Å². The number of benzene rings is 1. The van der Waals surface area contributed by atoms with Gasteiger partial charge in [-0.1, -0.05) is 0 Å². The molecule has 0 saturated heterocycles. The van der Waals surface area contributed by atoms with Gasteiger partial charge in [0.1, 0.15) is 11.6 Å². The number of rotatable bonds is 6. The lowest BCUT2D eigenvalue weighted by Crippen LogP contribution is -2.32. The molecule has 1 atom stereocenters. The van der Waals surface area contributed by atoms with E-state index in [2.05, 4.69) is 5.32 Å². The number of nitrogens with one attached hydrogen (secondary N) is 1. The first kappa shape index (κ1) is 13.1. The summed E-state index contributed by atoms with van der Waals surface area (Å²) in [6.07, 6.45) is 0.547. The van der Waals surface area contributed by atoms with Crippen LogP contribution >= 0.6 is 0 Å². The molecule has 0 aliphatic rings. The van der Waals surface area contributed by atoms with Gasteiger partial charge in [-0.3, -0.25) is 0 Å². The summed E-state index contributed by atoms with van der Waals surface area (Å²) in [6.45, 7) is 3.08. The van der Waals surface area contributed by atoms with Crippen molar-refractivity contribution in [1.82, 2.24) is 5.32 Å². The van der Waals surface area contributed by atoms with Gasteiger partial charge < -0.3 is 10.1 Å².